The van der Waals surface area contributed by atoms with Gasteiger partial charge in [0.2, 0.25) is 0 Å². The number of benzene rings is 2. The van der Waals surface area contributed by atoms with E-state index in [0.717, 1.165) is 18.8 Å². The first-order valence-electron chi connectivity index (χ1n) is 9.02. The van der Waals surface area contributed by atoms with Crippen molar-refractivity contribution in [2.24, 2.45) is 10.7 Å². The van der Waals surface area contributed by atoms with Gasteiger partial charge < -0.3 is 25.1 Å². The van der Waals surface area contributed by atoms with E-state index in [1.165, 1.54) is 5.56 Å². The summed E-state index contributed by atoms with van der Waals surface area (Å²) in [5, 5.41) is 3.06. The van der Waals surface area contributed by atoms with E-state index in [4.69, 9.17) is 15.2 Å². The number of nitrogens with two attached hydrogens (primary N) is 1. The number of methoxy groups -OCH3 is 2. The van der Waals surface area contributed by atoms with E-state index in [1.807, 2.05) is 42.6 Å². The van der Waals surface area contributed by atoms with Crippen LogP contribution in [0.5, 0.6) is 11.5 Å². The topological polar surface area (TPSA) is 86.7 Å². The molecule has 146 valence electrons. The van der Waals surface area contributed by atoms with Crippen LogP contribution in [0, 0.1) is 0 Å². The Labute approximate surface area is 164 Å². The Balaban J connectivity index is 1.63. The van der Waals surface area contributed by atoms with Crippen LogP contribution in [0.25, 0.3) is 0 Å². The molecule has 0 fully saturated rings. The number of imidazole rings is 1. The van der Waals surface area contributed by atoms with Crippen LogP contribution in [0.4, 0.5) is 5.69 Å². The molecule has 0 spiro atoms. The van der Waals surface area contributed by atoms with Gasteiger partial charge in [0.1, 0.15) is 23.9 Å². The predicted molar refractivity (Wildman–Crippen MR) is 111 cm³/mol. The number of guanidine groups is 1. The summed E-state index contributed by atoms with van der Waals surface area (Å²) in [6.45, 7) is 1.22. The van der Waals surface area contributed by atoms with Gasteiger partial charge in [-0.1, -0.05) is 30.3 Å². The molecule has 3 rings (SSSR count). The second-order valence-electron chi connectivity index (χ2n) is 6.17. The molecular formula is C21H25N5O2. The van der Waals surface area contributed by atoms with Crippen LogP contribution in [0.1, 0.15) is 11.4 Å². The second-order valence-corrected chi connectivity index (χ2v) is 6.17. The zero-order valence-electron chi connectivity index (χ0n) is 16.1. The minimum atomic E-state index is 0.282. The molecule has 0 aliphatic rings. The Morgan fingerprint density at radius 3 is 2.71 bits per heavy atom. The summed E-state index contributed by atoms with van der Waals surface area (Å²) < 4.78 is 12.7. The standard InChI is InChI=1S/C21H25N5O2/c1-27-17-8-9-19(28-2)18(14-17)25-21(22)24-15-20-23-11-13-26(20)12-10-16-6-4-3-5-7-16/h3-9,11,13-14H,10,12,15H2,1-2H3,(H3,22,24,25). The third-order valence-electron chi connectivity index (χ3n) is 4.35. The lowest BCUT2D eigenvalue weighted by Crippen LogP contribution is -2.23. The quantitative estimate of drug-likeness (QED) is 0.464. The number of aromatic nitrogens is 2. The van der Waals surface area contributed by atoms with Gasteiger partial charge in [-0.3, -0.25) is 0 Å². The zero-order valence-corrected chi connectivity index (χ0v) is 16.1. The van der Waals surface area contributed by atoms with Gasteiger partial charge in [-0.05, 0) is 24.1 Å². The molecular weight excluding hydrogens is 354 g/mol. The van der Waals surface area contributed by atoms with Crippen molar-refractivity contribution in [3.8, 4) is 11.5 Å². The first-order valence-corrected chi connectivity index (χ1v) is 9.02. The van der Waals surface area contributed by atoms with Crippen LogP contribution in [-0.4, -0.2) is 29.7 Å². The van der Waals surface area contributed by atoms with Gasteiger partial charge in [0.05, 0.1) is 19.9 Å². The monoisotopic (exact) mass is 379 g/mol. The van der Waals surface area contributed by atoms with E-state index < -0.39 is 0 Å². The number of hydrogen-bond donors (Lipinski definition) is 2. The maximum absolute atomic E-state index is 6.06. The fraction of sp³-hybridized carbons (Fsp3) is 0.238. The van der Waals surface area contributed by atoms with Crippen molar-refractivity contribution < 1.29 is 9.47 Å². The summed E-state index contributed by atoms with van der Waals surface area (Å²) in [4.78, 5) is 8.81. The number of ether oxygens (including phenoxy) is 2. The Bertz CT molecular complexity index is 922. The van der Waals surface area contributed by atoms with Crippen LogP contribution in [0.3, 0.4) is 0 Å². The Hall–Kier alpha value is -3.48. The molecule has 1 aromatic heterocycles. The Morgan fingerprint density at radius 2 is 1.96 bits per heavy atom. The SMILES string of the molecule is COc1ccc(OC)c(NC(N)=NCc2nccn2CCc2ccccc2)c1. The number of hydrogen-bond acceptors (Lipinski definition) is 4. The molecule has 0 saturated carbocycles. The first kappa shape index (κ1) is 19.3. The fourth-order valence-electron chi connectivity index (χ4n) is 2.83. The lowest BCUT2D eigenvalue weighted by Gasteiger charge is -2.12. The van der Waals surface area contributed by atoms with Gasteiger partial charge in [-0.2, -0.15) is 0 Å². The highest BCUT2D eigenvalue weighted by Crippen LogP contribution is 2.28. The molecule has 7 nitrogen and oxygen atoms in total. The van der Waals surface area contributed by atoms with Crippen molar-refractivity contribution in [1.29, 1.82) is 0 Å². The highest BCUT2D eigenvalue weighted by molar-refractivity contribution is 5.93. The van der Waals surface area contributed by atoms with Gasteiger partial charge in [0, 0.05) is 25.0 Å². The zero-order chi connectivity index (χ0) is 19.8. The minimum absolute atomic E-state index is 0.282. The molecule has 0 aliphatic heterocycles. The summed E-state index contributed by atoms with van der Waals surface area (Å²) >= 11 is 0. The van der Waals surface area contributed by atoms with Crippen molar-refractivity contribution in [3.05, 3.63) is 72.3 Å². The normalized spacial score (nSPS) is 11.3. The minimum Gasteiger partial charge on any atom is -0.497 e. The van der Waals surface area contributed by atoms with E-state index in [-0.39, 0.29) is 5.96 Å². The number of anilines is 1. The Kier molecular flexibility index (Phi) is 6.51. The molecule has 0 atom stereocenters. The molecule has 0 amide bonds. The van der Waals surface area contributed by atoms with Crippen molar-refractivity contribution in [2.75, 3.05) is 19.5 Å². The molecule has 0 aliphatic carbocycles. The molecule has 1 heterocycles. The van der Waals surface area contributed by atoms with Gasteiger partial charge in [-0.25, -0.2) is 9.98 Å². The van der Waals surface area contributed by atoms with Gasteiger partial charge in [-0.15, -0.1) is 0 Å². The van der Waals surface area contributed by atoms with E-state index in [1.54, 1.807) is 20.4 Å². The Morgan fingerprint density at radius 1 is 1.14 bits per heavy atom. The van der Waals surface area contributed by atoms with Crippen molar-refractivity contribution in [1.82, 2.24) is 9.55 Å². The highest BCUT2D eigenvalue weighted by atomic mass is 16.5. The number of nitrogens with one attached hydrogen (secondary N) is 1. The smallest absolute Gasteiger partial charge is 0.193 e. The number of aliphatic imine (C=N–C) groups is 1. The second kappa shape index (κ2) is 9.45. The lowest BCUT2D eigenvalue weighted by molar-refractivity contribution is 0.405. The maximum Gasteiger partial charge on any atom is 0.193 e. The molecule has 2 aromatic carbocycles. The van der Waals surface area contributed by atoms with E-state index in [0.29, 0.717) is 23.7 Å². The van der Waals surface area contributed by atoms with Crippen molar-refractivity contribution in [3.63, 3.8) is 0 Å². The summed E-state index contributed by atoms with van der Waals surface area (Å²) in [5.74, 6) is 2.50. The van der Waals surface area contributed by atoms with Gasteiger partial charge in [0.15, 0.2) is 5.96 Å². The summed E-state index contributed by atoms with van der Waals surface area (Å²) in [5.41, 5.74) is 8.04. The molecule has 0 unspecified atom stereocenters. The van der Waals surface area contributed by atoms with Crippen LogP contribution in [0.15, 0.2) is 65.9 Å². The molecule has 0 bridgehead atoms. The summed E-state index contributed by atoms with van der Waals surface area (Å²) in [6.07, 6.45) is 4.68. The molecule has 28 heavy (non-hydrogen) atoms. The molecule has 3 aromatic rings. The number of aryl methyl sites for hydroxylation is 2. The third-order valence-corrected chi connectivity index (χ3v) is 4.35. The number of rotatable bonds is 8. The maximum atomic E-state index is 6.06. The van der Waals surface area contributed by atoms with Crippen molar-refractivity contribution >= 4 is 11.6 Å². The van der Waals surface area contributed by atoms with Crippen LogP contribution in [0.2, 0.25) is 0 Å². The molecule has 0 saturated heterocycles. The lowest BCUT2D eigenvalue weighted by atomic mass is 10.1. The average molecular weight is 379 g/mol. The molecule has 3 N–H and O–H groups in total. The van der Waals surface area contributed by atoms with Crippen LogP contribution in [-0.2, 0) is 19.5 Å². The largest absolute Gasteiger partial charge is 0.497 e. The predicted octanol–water partition coefficient (Wildman–Crippen LogP) is 3.07. The van der Waals surface area contributed by atoms with Crippen LogP contribution < -0.4 is 20.5 Å². The molecule has 0 radical (unpaired) electrons. The van der Waals surface area contributed by atoms with Gasteiger partial charge >= 0.3 is 0 Å². The average Bonchev–Trinajstić information content (AvgIpc) is 3.19. The summed E-state index contributed by atoms with van der Waals surface area (Å²) in [7, 11) is 3.21. The fourth-order valence-corrected chi connectivity index (χ4v) is 2.83. The highest BCUT2D eigenvalue weighted by Gasteiger charge is 2.07. The van der Waals surface area contributed by atoms with Crippen LogP contribution >= 0.6 is 0 Å². The van der Waals surface area contributed by atoms with Gasteiger partial charge in [0.25, 0.3) is 0 Å². The van der Waals surface area contributed by atoms with E-state index in [9.17, 15) is 0 Å². The first-order chi connectivity index (χ1) is 13.7. The van der Waals surface area contributed by atoms with E-state index >= 15 is 0 Å². The molecule has 7 heteroatoms. The number of nitrogens with zero attached hydrogens (tertiary/aromatic N) is 3. The van der Waals surface area contributed by atoms with E-state index in [2.05, 4.69) is 32.0 Å². The summed E-state index contributed by atoms with van der Waals surface area (Å²) in [6, 6.07) is 15.8. The van der Waals surface area contributed by atoms with Crippen molar-refractivity contribution in [2.45, 2.75) is 19.5 Å². The third kappa shape index (κ3) is 5.03.